The van der Waals surface area contributed by atoms with E-state index in [0.717, 1.165) is 16.9 Å². The molecule has 2 aromatic carbocycles. The molecule has 0 unspecified atom stereocenters. The monoisotopic (exact) mass is 312 g/mol. The van der Waals surface area contributed by atoms with Crippen molar-refractivity contribution in [2.45, 2.75) is 13.1 Å². The van der Waals surface area contributed by atoms with Crippen LogP contribution >= 0.6 is 0 Å². The molecule has 0 aliphatic carbocycles. The van der Waals surface area contributed by atoms with Gasteiger partial charge in [0, 0.05) is 30.8 Å². The quantitative estimate of drug-likeness (QED) is 0.691. The maximum atomic E-state index is 10.8. The van der Waals surface area contributed by atoms with Crippen molar-refractivity contribution in [1.29, 1.82) is 0 Å². The minimum Gasteiger partial charge on any atom is -0.496 e. The number of benzene rings is 2. The number of para-hydroxylation sites is 1. The summed E-state index contributed by atoms with van der Waals surface area (Å²) < 4.78 is 5.35. The molecule has 7 heteroatoms. The molecule has 2 N–H and O–H groups in total. The number of non-ortho nitro benzene ring substituents is 1. The molecule has 7 nitrogen and oxygen atoms in total. The number of nitrogens with two attached hydrogens (primary N) is 1. The van der Waals surface area contributed by atoms with E-state index in [2.05, 4.69) is 4.99 Å². The first-order valence-corrected chi connectivity index (χ1v) is 7.07. The third-order valence-corrected chi connectivity index (χ3v) is 3.75. The zero-order valence-corrected chi connectivity index (χ0v) is 12.6. The van der Waals surface area contributed by atoms with Gasteiger partial charge in [0.05, 0.1) is 17.7 Å². The van der Waals surface area contributed by atoms with E-state index in [1.54, 1.807) is 13.2 Å². The minimum absolute atomic E-state index is 0.0125. The minimum atomic E-state index is -0.437. The number of guanidine groups is 1. The maximum absolute atomic E-state index is 10.8. The fraction of sp³-hybridized carbons (Fsp3) is 0.188. The Kier molecular flexibility index (Phi) is 3.84. The number of hydrogen-bond acceptors (Lipinski definition) is 6. The number of fused-ring (bicyclic) bond motifs is 1. The molecule has 1 aliphatic heterocycles. The van der Waals surface area contributed by atoms with Crippen LogP contribution in [0.4, 0.5) is 11.4 Å². The molecule has 1 aliphatic rings. The van der Waals surface area contributed by atoms with Crippen molar-refractivity contribution < 1.29 is 9.66 Å². The molecular weight excluding hydrogens is 296 g/mol. The molecular formula is C16H16N4O3. The van der Waals surface area contributed by atoms with Crippen LogP contribution < -0.4 is 10.5 Å². The maximum Gasteiger partial charge on any atom is 0.271 e. The summed E-state index contributed by atoms with van der Waals surface area (Å²) in [6, 6.07) is 12.4. The van der Waals surface area contributed by atoms with Crippen molar-refractivity contribution >= 4 is 17.3 Å². The third-order valence-electron chi connectivity index (χ3n) is 3.75. The van der Waals surface area contributed by atoms with Gasteiger partial charge in [-0.2, -0.15) is 0 Å². The van der Waals surface area contributed by atoms with Crippen LogP contribution in [-0.4, -0.2) is 22.9 Å². The molecule has 0 aromatic heterocycles. The normalized spacial score (nSPS) is 13.3. The second kappa shape index (κ2) is 5.96. The number of nitrogens with zero attached hydrogens (tertiary/aromatic N) is 3. The molecule has 0 saturated carbocycles. The second-order valence-corrected chi connectivity index (χ2v) is 5.21. The Morgan fingerprint density at radius 1 is 1.35 bits per heavy atom. The molecule has 3 rings (SSSR count). The average Bonchev–Trinajstić information content (AvgIpc) is 2.55. The first-order chi connectivity index (χ1) is 11.1. The Hall–Kier alpha value is -3.09. The van der Waals surface area contributed by atoms with Gasteiger partial charge in [-0.3, -0.25) is 10.1 Å². The van der Waals surface area contributed by atoms with E-state index in [0.29, 0.717) is 24.7 Å². The number of methoxy groups -OCH3 is 1. The van der Waals surface area contributed by atoms with E-state index in [9.17, 15) is 10.1 Å². The zero-order chi connectivity index (χ0) is 16.4. The van der Waals surface area contributed by atoms with Gasteiger partial charge >= 0.3 is 0 Å². The molecule has 0 bridgehead atoms. The fourth-order valence-electron chi connectivity index (χ4n) is 2.56. The van der Waals surface area contributed by atoms with E-state index in [-0.39, 0.29) is 5.69 Å². The van der Waals surface area contributed by atoms with Crippen molar-refractivity contribution in [3.05, 3.63) is 63.7 Å². The molecule has 0 atom stereocenters. The van der Waals surface area contributed by atoms with E-state index >= 15 is 0 Å². The Bertz CT molecular complexity index is 789. The molecule has 0 saturated heterocycles. The average molecular weight is 312 g/mol. The Labute approximate surface area is 133 Å². The van der Waals surface area contributed by atoms with Crippen LogP contribution in [0.3, 0.4) is 0 Å². The molecule has 23 heavy (non-hydrogen) atoms. The summed E-state index contributed by atoms with van der Waals surface area (Å²) in [5.74, 6) is 1.12. The molecule has 2 aromatic rings. The van der Waals surface area contributed by atoms with Crippen molar-refractivity contribution in [3.8, 4) is 5.75 Å². The van der Waals surface area contributed by atoms with Gasteiger partial charge in [0.1, 0.15) is 5.75 Å². The van der Waals surface area contributed by atoms with Gasteiger partial charge in [-0.1, -0.05) is 18.2 Å². The number of nitro groups is 1. The summed E-state index contributed by atoms with van der Waals surface area (Å²) in [5.41, 5.74) is 8.49. The predicted octanol–water partition coefficient (Wildman–Crippen LogP) is 2.57. The van der Waals surface area contributed by atoms with Crippen molar-refractivity contribution in [3.63, 3.8) is 0 Å². The summed E-state index contributed by atoms with van der Waals surface area (Å²) in [6.07, 6.45) is 0. The van der Waals surface area contributed by atoms with Gasteiger partial charge in [0.25, 0.3) is 5.69 Å². The summed E-state index contributed by atoms with van der Waals surface area (Å²) in [4.78, 5) is 16.6. The smallest absolute Gasteiger partial charge is 0.271 e. The van der Waals surface area contributed by atoms with Crippen LogP contribution in [0.1, 0.15) is 11.1 Å². The molecule has 118 valence electrons. The number of aliphatic imine (C=N–C) groups is 1. The number of rotatable bonds is 4. The Morgan fingerprint density at radius 3 is 2.87 bits per heavy atom. The lowest BCUT2D eigenvalue weighted by molar-refractivity contribution is -0.384. The highest BCUT2D eigenvalue weighted by molar-refractivity contribution is 5.84. The van der Waals surface area contributed by atoms with Gasteiger partial charge < -0.3 is 15.4 Å². The van der Waals surface area contributed by atoms with Crippen LogP contribution in [0.5, 0.6) is 5.75 Å². The number of nitro benzene ring substituents is 1. The van der Waals surface area contributed by atoms with Crippen molar-refractivity contribution in [2.75, 3.05) is 7.11 Å². The first-order valence-electron chi connectivity index (χ1n) is 7.07. The SMILES string of the molecule is COc1ccccc1CN1Cc2ccc([N+](=O)[O-])cc2N=C1N. The summed E-state index contributed by atoms with van der Waals surface area (Å²) >= 11 is 0. The lowest BCUT2D eigenvalue weighted by Gasteiger charge is -2.28. The molecule has 0 amide bonds. The van der Waals surface area contributed by atoms with Crippen LogP contribution in [-0.2, 0) is 13.1 Å². The lowest BCUT2D eigenvalue weighted by Crippen LogP contribution is -2.38. The van der Waals surface area contributed by atoms with E-state index in [4.69, 9.17) is 10.5 Å². The standard InChI is InChI=1S/C16H16N4O3/c1-23-15-5-3-2-4-12(15)10-19-9-11-6-7-13(20(21)22)8-14(11)18-16(19)17/h2-8H,9-10H2,1H3,(H2,17,18). The van der Waals surface area contributed by atoms with Crippen LogP contribution in [0.25, 0.3) is 0 Å². The highest BCUT2D eigenvalue weighted by Gasteiger charge is 2.21. The van der Waals surface area contributed by atoms with Crippen LogP contribution in [0.15, 0.2) is 47.5 Å². The lowest BCUT2D eigenvalue weighted by atomic mass is 10.1. The van der Waals surface area contributed by atoms with Gasteiger partial charge in [0.2, 0.25) is 0 Å². The predicted molar refractivity (Wildman–Crippen MR) is 86.6 cm³/mol. The molecule has 0 radical (unpaired) electrons. The summed E-state index contributed by atoms with van der Waals surface area (Å²) in [6.45, 7) is 1.09. The van der Waals surface area contributed by atoms with Gasteiger partial charge in [-0.05, 0) is 17.7 Å². The van der Waals surface area contributed by atoms with E-state index < -0.39 is 4.92 Å². The Balaban J connectivity index is 1.87. The van der Waals surface area contributed by atoms with Crippen molar-refractivity contribution in [1.82, 2.24) is 4.90 Å². The summed E-state index contributed by atoms with van der Waals surface area (Å²) in [7, 11) is 1.63. The molecule has 0 spiro atoms. The summed E-state index contributed by atoms with van der Waals surface area (Å²) in [5, 5.41) is 10.8. The van der Waals surface area contributed by atoms with Crippen LogP contribution in [0.2, 0.25) is 0 Å². The van der Waals surface area contributed by atoms with E-state index in [1.165, 1.54) is 12.1 Å². The van der Waals surface area contributed by atoms with Crippen LogP contribution in [0, 0.1) is 10.1 Å². The van der Waals surface area contributed by atoms with Gasteiger partial charge in [-0.25, -0.2) is 4.99 Å². The molecule has 1 heterocycles. The zero-order valence-electron chi connectivity index (χ0n) is 12.6. The first kappa shape index (κ1) is 14.8. The largest absolute Gasteiger partial charge is 0.496 e. The highest BCUT2D eigenvalue weighted by Crippen LogP contribution is 2.30. The van der Waals surface area contributed by atoms with E-state index in [1.807, 2.05) is 29.2 Å². The highest BCUT2D eigenvalue weighted by atomic mass is 16.6. The van der Waals surface area contributed by atoms with Gasteiger partial charge in [0.15, 0.2) is 5.96 Å². The number of hydrogen-bond donors (Lipinski definition) is 1. The van der Waals surface area contributed by atoms with Crippen molar-refractivity contribution in [2.24, 2.45) is 10.7 Å². The second-order valence-electron chi connectivity index (χ2n) is 5.21. The fourth-order valence-corrected chi connectivity index (χ4v) is 2.56. The number of ether oxygens (including phenoxy) is 1. The van der Waals surface area contributed by atoms with Gasteiger partial charge in [-0.15, -0.1) is 0 Å². The Morgan fingerprint density at radius 2 is 2.13 bits per heavy atom. The third kappa shape index (κ3) is 2.94. The molecule has 0 fully saturated rings. The topological polar surface area (TPSA) is 94.0 Å².